The first-order chi connectivity index (χ1) is 16.8. The third-order valence-electron chi connectivity index (χ3n) is 6.20. The minimum atomic E-state index is -0.711. The summed E-state index contributed by atoms with van der Waals surface area (Å²) in [5.41, 5.74) is 9.23. The summed E-state index contributed by atoms with van der Waals surface area (Å²) in [6.45, 7) is 4.70. The number of hydrogen-bond acceptors (Lipinski definition) is 5. The number of nitrogens with one attached hydrogen (secondary N) is 2. The second-order valence-electron chi connectivity index (χ2n) is 8.50. The molecule has 0 bridgehead atoms. The molecule has 0 aliphatic rings. The molecule has 0 aliphatic carbocycles. The zero-order valence-electron chi connectivity index (χ0n) is 20.1. The minimum Gasteiger partial charge on any atom is -0.385 e. The van der Waals surface area contributed by atoms with Crippen LogP contribution in [0.3, 0.4) is 0 Å². The Labute approximate surface area is 202 Å². The summed E-state index contributed by atoms with van der Waals surface area (Å²) in [5, 5.41) is 0.932. The number of aryl methyl sites for hydroxylation is 2. The van der Waals surface area contributed by atoms with E-state index in [9.17, 15) is 14.4 Å². The maximum atomic E-state index is 13.7. The molecular weight excluding hydrogens is 446 g/mol. The molecule has 4 rings (SSSR count). The number of H-pyrrole nitrogens is 2. The monoisotopic (exact) mass is 475 g/mol. The van der Waals surface area contributed by atoms with E-state index in [0.717, 1.165) is 27.7 Å². The van der Waals surface area contributed by atoms with Crippen LogP contribution in [0.15, 0.2) is 58.1 Å². The lowest BCUT2D eigenvalue weighted by Gasteiger charge is -2.24. The van der Waals surface area contributed by atoms with Crippen molar-refractivity contribution in [3.63, 3.8) is 0 Å². The van der Waals surface area contributed by atoms with E-state index in [0.29, 0.717) is 18.6 Å². The largest absolute Gasteiger partial charge is 0.385 e. The van der Waals surface area contributed by atoms with E-state index in [1.165, 1.54) is 9.47 Å². The van der Waals surface area contributed by atoms with Crippen molar-refractivity contribution in [1.29, 1.82) is 0 Å². The van der Waals surface area contributed by atoms with E-state index in [-0.39, 0.29) is 30.5 Å². The van der Waals surface area contributed by atoms with Gasteiger partial charge in [-0.05, 0) is 49.6 Å². The number of fused-ring (bicyclic) bond motifs is 1. The lowest BCUT2D eigenvalue weighted by molar-refractivity contribution is 0.0983. The van der Waals surface area contributed by atoms with E-state index in [1.54, 1.807) is 13.2 Å². The fraction of sp³-hybridized carbons (Fsp3) is 0.269. The summed E-state index contributed by atoms with van der Waals surface area (Å²) in [4.78, 5) is 46.3. The molecule has 0 aliphatic heterocycles. The van der Waals surface area contributed by atoms with Gasteiger partial charge >= 0.3 is 5.69 Å². The average molecular weight is 476 g/mol. The van der Waals surface area contributed by atoms with Gasteiger partial charge in [-0.15, -0.1) is 0 Å². The summed E-state index contributed by atoms with van der Waals surface area (Å²) in [6.07, 6.45) is 0.476. The smallest absolute Gasteiger partial charge is 0.330 e. The molecule has 182 valence electrons. The number of hydrogen-bond donors (Lipinski definition) is 3. The maximum absolute atomic E-state index is 13.7. The minimum absolute atomic E-state index is 0.0521. The number of anilines is 2. The van der Waals surface area contributed by atoms with Gasteiger partial charge in [-0.25, -0.2) is 4.79 Å². The molecule has 0 saturated heterocycles. The van der Waals surface area contributed by atoms with Crippen molar-refractivity contribution in [3.05, 3.63) is 91.8 Å². The predicted molar refractivity (Wildman–Crippen MR) is 137 cm³/mol. The van der Waals surface area contributed by atoms with Crippen LogP contribution in [-0.4, -0.2) is 40.7 Å². The first-order valence-corrected chi connectivity index (χ1v) is 11.4. The second kappa shape index (κ2) is 10.0. The lowest BCUT2D eigenvalue weighted by atomic mass is 10.1. The number of nitrogens with zero attached hydrogens (tertiary/aromatic N) is 2. The van der Waals surface area contributed by atoms with Gasteiger partial charge in [0.1, 0.15) is 5.82 Å². The quantitative estimate of drug-likeness (QED) is 0.338. The van der Waals surface area contributed by atoms with Crippen LogP contribution < -0.4 is 21.9 Å². The van der Waals surface area contributed by atoms with Crippen molar-refractivity contribution >= 4 is 28.3 Å². The Morgan fingerprint density at radius 3 is 2.54 bits per heavy atom. The molecular formula is C26H29N5O4. The molecule has 0 spiro atoms. The SMILES string of the molecule is COCCCN(C(=O)c1ccc2[nH]c(C)c(C)c2c1)c1c(N)n(Cc2ccccc2)c(=O)[nH]c1=O. The van der Waals surface area contributed by atoms with E-state index < -0.39 is 11.2 Å². The number of rotatable bonds is 8. The zero-order valence-corrected chi connectivity index (χ0v) is 20.1. The Balaban J connectivity index is 1.81. The molecule has 9 heteroatoms. The average Bonchev–Trinajstić information content (AvgIpc) is 3.13. The van der Waals surface area contributed by atoms with Crippen molar-refractivity contribution in [2.75, 3.05) is 30.9 Å². The van der Waals surface area contributed by atoms with Gasteiger partial charge in [-0.3, -0.25) is 19.1 Å². The second-order valence-corrected chi connectivity index (χ2v) is 8.50. The Morgan fingerprint density at radius 1 is 1.09 bits per heavy atom. The summed E-state index contributed by atoms with van der Waals surface area (Å²) < 4.78 is 6.43. The van der Waals surface area contributed by atoms with Crippen LogP contribution >= 0.6 is 0 Å². The Hall–Kier alpha value is -4.11. The molecule has 0 unspecified atom stereocenters. The molecule has 2 aromatic heterocycles. The van der Waals surface area contributed by atoms with Gasteiger partial charge in [-0.1, -0.05) is 30.3 Å². The zero-order chi connectivity index (χ0) is 25.1. The lowest BCUT2D eigenvalue weighted by Crippen LogP contribution is -2.42. The highest BCUT2D eigenvalue weighted by Gasteiger charge is 2.25. The number of amides is 1. The van der Waals surface area contributed by atoms with Crippen LogP contribution in [-0.2, 0) is 11.3 Å². The van der Waals surface area contributed by atoms with Crippen molar-refractivity contribution in [2.45, 2.75) is 26.8 Å². The first kappa shape index (κ1) is 24.0. The molecule has 0 fully saturated rings. The molecule has 0 saturated carbocycles. The summed E-state index contributed by atoms with van der Waals surface area (Å²) >= 11 is 0. The standard InChI is InChI=1S/C26H29N5O4/c1-16-17(2)28-21-11-10-19(14-20(16)21)25(33)30(12-7-13-35-3)22-23(27)31(26(34)29-24(22)32)15-18-8-5-4-6-9-18/h4-6,8-11,14,28H,7,12-13,15,27H2,1-3H3,(H,29,32,34). The highest BCUT2D eigenvalue weighted by molar-refractivity contribution is 6.09. The Morgan fingerprint density at radius 2 is 1.83 bits per heavy atom. The van der Waals surface area contributed by atoms with Crippen molar-refractivity contribution in [1.82, 2.24) is 14.5 Å². The first-order valence-electron chi connectivity index (χ1n) is 11.4. The molecule has 35 heavy (non-hydrogen) atoms. The van der Waals surface area contributed by atoms with Gasteiger partial charge < -0.3 is 20.4 Å². The molecule has 2 heterocycles. The van der Waals surface area contributed by atoms with Crippen LogP contribution in [0.5, 0.6) is 0 Å². The van der Waals surface area contributed by atoms with E-state index in [4.69, 9.17) is 10.5 Å². The number of methoxy groups -OCH3 is 1. The highest BCUT2D eigenvalue weighted by Crippen LogP contribution is 2.25. The van der Waals surface area contributed by atoms with Gasteiger partial charge in [0.15, 0.2) is 5.69 Å². The van der Waals surface area contributed by atoms with Crippen LogP contribution in [0.25, 0.3) is 10.9 Å². The third kappa shape index (κ3) is 4.76. The highest BCUT2D eigenvalue weighted by atomic mass is 16.5. The number of aromatic nitrogens is 3. The molecule has 1 amide bonds. The van der Waals surface area contributed by atoms with Crippen LogP contribution in [0.2, 0.25) is 0 Å². The number of nitrogen functional groups attached to an aromatic ring is 1. The fourth-order valence-electron chi connectivity index (χ4n) is 4.19. The van der Waals surface area contributed by atoms with E-state index >= 15 is 0 Å². The molecule has 4 N–H and O–H groups in total. The van der Waals surface area contributed by atoms with Crippen molar-refractivity contribution in [2.24, 2.45) is 0 Å². The number of aromatic amines is 2. The van der Waals surface area contributed by atoms with Crippen LogP contribution in [0, 0.1) is 13.8 Å². The van der Waals surface area contributed by atoms with Crippen molar-refractivity contribution < 1.29 is 9.53 Å². The molecule has 0 radical (unpaired) electrons. The normalized spacial score (nSPS) is 11.2. The Kier molecular flexibility index (Phi) is 6.88. The number of nitrogens with two attached hydrogens (primary N) is 1. The van der Waals surface area contributed by atoms with Gasteiger partial charge in [0.25, 0.3) is 11.5 Å². The molecule has 4 aromatic rings. The Bertz CT molecular complexity index is 1480. The number of ether oxygens (including phenoxy) is 1. The summed E-state index contributed by atoms with van der Waals surface area (Å²) in [5.74, 6) is -0.452. The van der Waals surface area contributed by atoms with E-state index in [2.05, 4.69) is 9.97 Å². The van der Waals surface area contributed by atoms with Gasteiger partial charge in [0.05, 0.1) is 6.54 Å². The number of carbonyl (C=O) groups excluding carboxylic acids is 1. The maximum Gasteiger partial charge on any atom is 0.330 e. The molecule has 9 nitrogen and oxygen atoms in total. The van der Waals surface area contributed by atoms with Crippen LogP contribution in [0.1, 0.15) is 33.6 Å². The summed E-state index contributed by atoms with van der Waals surface area (Å²) in [7, 11) is 1.57. The van der Waals surface area contributed by atoms with E-state index in [1.807, 2.05) is 56.3 Å². The predicted octanol–water partition coefficient (Wildman–Crippen LogP) is 2.95. The summed E-state index contributed by atoms with van der Waals surface area (Å²) in [6, 6.07) is 14.7. The third-order valence-corrected chi connectivity index (χ3v) is 6.20. The van der Waals surface area contributed by atoms with Gasteiger partial charge in [0.2, 0.25) is 0 Å². The molecule has 0 atom stereocenters. The molecule has 2 aromatic carbocycles. The van der Waals surface area contributed by atoms with Crippen LogP contribution in [0.4, 0.5) is 11.5 Å². The van der Waals surface area contributed by atoms with Gasteiger partial charge in [0, 0.05) is 42.4 Å². The number of benzene rings is 2. The fourth-order valence-corrected chi connectivity index (χ4v) is 4.19. The number of carbonyl (C=O) groups is 1. The topological polar surface area (TPSA) is 126 Å². The van der Waals surface area contributed by atoms with Crippen molar-refractivity contribution in [3.8, 4) is 0 Å². The van der Waals surface area contributed by atoms with Gasteiger partial charge in [-0.2, -0.15) is 0 Å².